The lowest BCUT2D eigenvalue weighted by Crippen LogP contribution is -2.12. The molecule has 6 rings (SSSR count). The van der Waals surface area contributed by atoms with Crippen molar-refractivity contribution in [2.75, 3.05) is 0 Å². The van der Waals surface area contributed by atoms with Gasteiger partial charge >= 0.3 is 0 Å². The maximum atomic E-state index is 13.5. The molecular formula is C27H16Cl2N2O2. The highest BCUT2D eigenvalue weighted by Gasteiger charge is 2.16. The normalized spacial score (nSPS) is 11.7. The molecule has 2 aromatic heterocycles. The molecule has 160 valence electrons. The van der Waals surface area contributed by atoms with Crippen LogP contribution in [-0.4, -0.2) is 9.55 Å². The van der Waals surface area contributed by atoms with Crippen LogP contribution < -0.4 is 10.9 Å². The second kappa shape index (κ2) is 7.20. The van der Waals surface area contributed by atoms with Gasteiger partial charge in [0.1, 0.15) is 0 Å². The Morgan fingerprint density at radius 1 is 0.636 bits per heavy atom. The molecule has 4 aromatic carbocycles. The first-order valence-electron chi connectivity index (χ1n) is 10.4. The molecule has 2 heterocycles. The van der Waals surface area contributed by atoms with Gasteiger partial charge in [0.25, 0.3) is 0 Å². The summed E-state index contributed by atoms with van der Waals surface area (Å²) in [5.41, 5.74) is 4.31. The Morgan fingerprint density at radius 3 is 2.00 bits per heavy atom. The molecule has 33 heavy (non-hydrogen) atoms. The van der Waals surface area contributed by atoms with Gasteiger partial charge in [-0.2, -0.15) is 0 Å². The first-order chi connectivity index (χ1) is 15.9. The number of aryl methyl sites for hydroxylation is 1. The second-order valence-electron chi connectivity index (χ2n) is 8.22. The van der Waals surface area contributed by atoms with E-state index in [0.29, 0.717) is 53.7 Å². The predicted octanol–water partition coefficient (Wildman–Crippen LogP) is 6.75. The van der Waals surface area contributed by atoms with Gasteiger partial charge in [-0.05, 0) is 67.6 Å². The zero-order valence-corrected chi connectivity index (χ0v) is 19.0. The fraction of sp³-hybridized carbons (Fsp3) is 0.0370. The summed E-state index contributed by atoms with van der Waals surface area (Å²) in [5.74, 6) is 0. The first kappa shape index (κ1) is 20.0. The van der Waals surface area contributed by atoms with Crippen LogP contribution in [0.1, 0.15) is 5.56 Å². The number of fused-ring (bicyclic) bond motifs is 4. The van der Waals surface area contributed by atoms with Crippen LogP contribution in [0.4, 0.5) is 0 Å². The highest BCUT2D eigenvalue weighted by Crippen LogP contribution is 2.29. The summed E-state index contributed by atoms with van der Waals surface area (Å²) in [7, 11) is 0. The highest BCUT2D eigenvalue weighted by molar-refractivity contribution is 6.31. The summed E-state index contributed by atoms with van der Waals surface area (Å²) < 4.78 is 1.99. The summed E-state index contributed by atoms with van der Waals surface area (Å²) in [6.07, 6.45) is 0. The molecule has 0 spiro atoms. The van der Waals surface area contributed by atoms with Crippen molar-refractivity contribution in [1.82, 2.24) is 9.55 Å². The summed E-state index contributed by atoms with van der Waals surface area (Å²) in [5, 5.41) is 3.16. The Morgan fingerprint density at radius 2 is 1.24 bits per heavy atom. The van der Waals surface area contributed by atoms with E-state index in [9.17, 15) is 9.59 Å². The van der Waals surface area contributed by atoms with E-state index in [2.05, 4.69) is 4.98 Å². The molecule has 0 aliphatic rings. The van der Waals surface area contributed by atoms with Crippen LogP contribution in [-0.2, 0) is 0 Å². The molecule has 1 N–H and O–H groups in total. The summed E-state index contributed by atoms with van der Waals surface area (Å²) in [4.78, 5) is 30.2. The van der Waals surface area contributed by atoms with Gasteiger partial charge in [0, 0.05) is 37.3 Å². The number of hydrogen-bond acceptors (Lipinski definition) is 2. The Bertz CT molecular complexity index is 1880. The van der Waals surface area contributed by atoms with Crippen molar-refractivity contribution in [2.45, 2.75) is 6.92 Å². The van der Waals surface area contributed by atoms with Gasteiger partial charge in [-0.15, -0.1) is 0 Å². The standard InChI is InChI=1S/C27H16Cl2N2O2/c1-14-2-6-17(7-3-14)31-24-11-16(29)5-9-19(24)27(33)21-12-23-20(13-25(21)31)26(32)18-8-4-15(28)10-22(18)30-23/h2-13H,1H3,(H,30,32). The minimum Gasteiger partial charge on any atom is -0.354 e. The molecule has 0 saturated heterocycles. The number of nitrogens with one attached hydrogen (secondary N) is 1. The van der Waals surface area contributed by atoms with E-state index in [1.165, 1.54) is 0 Å². The minimum atomic E-state index is -0.119. The summed E-state index contributed by atoms with van der Waals surface area (Å²) in [6, 6.07) is 22.0. The molecule has 6 aromatic rings. The zero-order valence-electron chi connectivity index (χ0n) is 17.4. The van der Waals surface area contributed by atoms with Crippen LogP contribution in [0.2, 0.25) is 10.0 Å². The monoisotopic (exact) mass is 470 g/mol. The van der Waals surface area contributed by atoms with Gasteiger partial charge in [-0.3, -0.25) is 9.59 Å². The van der Waals surface area contributed by atoms with E-state index in [1.807, 2.05) is 35.8 Å². The third-order valence-electron chi connectivity index (χ3n) is 6.10. The van der Waals surface area contributed by atoms with Crippen molar-refractivity contribution in [3.63, 3.8) is 0 Å². The molecule has 0 bridgehead atoms. The van der Waals surface area contributed by atoms with Crippen LogP contribution in [0.15, 0.2) is 82.4 Å². The highest BCUT2D eigenvalue weighted by atomic mass is 35.5. The lowest BCUT2D eigenvalue weighted by Gasteiger charge is -2.17. The predicted molar refractivity (Wildman–Crippen MR) is 137 cm³/mol. The van der Waals surface area contributed by atoms with Gasteiger partial charge in [-0.1, -0.05) is 40.9 Å². The van der Waals surface area contributed by atoms with Crippen LogP contribution in [0.5, 0.6) is 0 Å². The lowest BCUT2D eigenvalue weighted by atomic mass is 10.0. The van der Waals surface area contributed by atoms with Crippen molar-refractivity contribution in [3.05, 3.63) is 109 Å². The number of benzene rings is 4. The smallest absolute Gasteiger partial charge is 0.197 e. The number of H-pyrrole nitrogens is 1. The third-order valence-corrected chi connectivity index (χ3v) is 6.57. The number of nitrogens with zero attached hydrogens (tertiary/aromatic N) is 1. The SMILES string of the molecule is Cc1ccc(-n2c3cc(Cl)ccc3c(=O)c3cc4[nH]c5cc(Cl)ccc5c(=O)c4cc32)cc1. The van der Waals surface area contributed by atoms with Crippen molar-refractivity contribution < 1.29 is 0 Å². The number of aromatic nitrogens is 2. The van der Waals surface area contributed by atoms with E-state index in [4.69, 9.17) is 23.2 Å². The van der Waals surface area contributed by atoms with Crippen LogP contribution in [0, 0.1) is 6.92 Å². The lowest BCUT2D eigenvalue weighted by molar-refractivity contribution is 1.16. The van der Waals surface area contributed by atoms with E-state index in [-0.39, 0.29) is 10.9 Å². The second-order valence-corrected chi connectivity index (χ2v) is 9.09. The quantitative estimate of drug-likeness (QED) is 0.270. The topological polar surface area (TPSA) is 54.9 Å². The molecule has 0 unspecified atom stereocenters. The molecule has 0 fully saturated rings. The molecule has 0 aliphatic carbocycles. The van der Waals surface area contributed by atoms with Gasteiger partial charge < -0.3 is 9.55 Å². The van der Waals surface area contributed by atoms with Gasteiger partial charge in [0.05, 0.1) is 22.1 Å². The van der Waals surface area contributed by atoms with Crippen molar-refractivity contribution in [1.29, 1.82) is 0 Å². The number of pyridine rings is 2. The van der Waals surface area contributed by atoms with Crippen molar-refractivity contribution in [3.8, 4) is 5.69 Å². The van der Waals surface area contributed by atoms with Crippen LogP contribution >= 0.6 is 23.2 Å². The molecule has 0 atom stereocenters. The largest absolute Gasteiger partial charge is 0.354 e. The molecule has 4 nitrogen and oxygen atoms in total. The fourth-order valence-corrected chi connectivity index (χ4v) is 4.82. The first-order valence-corrected chi connectivity index (χ1v) is 11.2. The van der Waals surface area contributed by atoms with E-state index in [1.54, 1.807) is 48.5 Å². The molecule has 0 saturated carbocycles. The average Bonchev–Trinajstić information content (AvgIpc) is 2.79. The third kappa shape index (κ3) is 3.06. The van der Waals surface area contributed by atoms with E-state index in [0.717, 1.165) is 11.3 Å². The Hall–Kier alpha value is -3.60. The fourth-order valence-electron chi connectivity index (χ4n) is 4.48. The maximum Gasteiger partial charge on any atom is 0.197 e. The number of rotatable bonds is 1. The van der Waals surface area contributed by atoms with E-state index < -0.39 is 0 Å². The Balaban J connectivity index is 1.86. The Labute approximate surface area is 197 Å². The number of halogens is 2. The van der Waals surface area contributed by atoms with Crippen LogP contribution in [0.3, 0.4) is 0 Å². The number of hydrogen-bond donors (Lipinski definition) is 1. The molecule has 0 aliphatic heterocycles. The molecule has 0 radical (unpaired) electrons. The summed E-state index contributed by atoms with van der Waals surface area (Å²) >= 11 is 12.5. The van der Waals surface area contributed by atoms with Gasteiger partial charge in [-0.25, -0.2) is 0 Å². The Kier molecular flexibility index (Phi) is 4.37. The van der Waals surface area contributed by atoms with Gasteiger partial charge in [0.2, 0.25) is 0 Å². The zero-order chi connectivity index (χ0) is 22.9. The molecule has 6 heteroatoms. The van der Waals surface area contributed by atoms with Crippen LogP contribution in [0.25, 0.3) is 49.3 Å². The summed E-state index contributed by atoms with van der Waals surface area (Å²) in [6.45, 7) is 2.02. The molecule has 0 amide bonds. The van der Waals surface area contributed by atoms with Gasteiger partial charge in [0.15, 0.2) is 10.9 Å². The van der Waals surface area contributed by atoms with Crippen molar-refractivity contribution in [2.24, 2.45) is 0 Å². The van der Waals surface area contributed by atoms with Crippen molar-refractivity contribution >= 4 is 66.8 Å². The average molecular weight is 471 g/mol. The van der Waals surface area contributed by atoms with E-state index >= 15 is 0 Å². The number of aromatic amines is 1. The maximum absolute atomic E-state index is 13.5. The minimum absolute atomic E-state index is 0.117. The molecular weight excluding hydrogens is 455 g/mol.